The van der Waals surface area contributed by atoms with Crippen LogP contribution in [0.15, 0.2) is 0 Å². The van der Waals surface area contributed by atoms with Crippen molar-refractivity contribution in [2.24, 2.45) is 0 Å². The Hall–Kier alpha value is -2.00. The van der Waals surface area contributed by atoms with Crippen molar-refractivity contribution in [3.8, 4) is 0 Å². The molecule has 7 nitrogen and oxygen atoms in total. The molecule has 0 aromatic heterocycles. The Balaban J connectivity index is 5.05. The van der Waals surface area contributed by atoms with Crippen molar-refractivity contribution in [3.05, 3.63) is 0 Å². The molecule has 0 saturated heterocycles. The standard InChI is InChI=1S/C11H18F3N3O4/c1-4-15-7(18)6-17(5-2)9(21)16-10(3,8(19)20)11(12,13)14/h4-6H2,1-3H3,(H,15,18)(H,16,21)(H,19,20). The second-order valence-electron chi connectivity index (χ2n) is 4.33. The van der Waals surface area contributed by atoms with E-state index in [9.17, 15) is 27.6 Å². The highest BCUT2D eigenvalue weighted by Gasteiger charge is 2.58. The molecule has 3 N–H and O–H groups in total. The van der Waals surface area contributed by atoms with Gasteiger partial charge >= 0.3 is 18.2 Å². The minimum absolute atomic E-state index is 0.0590. The van der Waals surface area contributed by atoms with E-state index >= 15 is 0 Å². The number of halogens is 3. The monoisotopic (exact) mass is 313 g/mol. The predicted octanol–water partition coefficient (Wildman–Crippen LogP) is 0.560. The molecule has 0 heterocycles. The van der Waals surface area contributed by atoms with E-state index in [2.05, 4.69) is 5.32 Å². The van der Waals surface area contributed by atoms with Crippen LogP contribution in [0.1, 0.15) is 20.8 Å². The maximum atomic E-state index is 12.8. The van der Waals surface area contributed by atoms with Gasteiger partial charge in [0.05, 0.1) is 0 Å². The zero-order valence-corrected chi connectivity index (χ0v) is 11.9. The summed E-state index contributed by atoms with van der Waals surface area (Å²) in [5, 5.41) is 12.5. The molecule has 1 unspecified atom stereocenters. The largest absolute Gasteiger partial charge is 0.479 e. The molecule has 0 aliphatic heterocycles. The molecule has 122 valence electrons. The van der Waals surface area contributed by atoms with E-state index in [0.29, 0.717) is 13.5 Å². The van der Waals surface area contributed by atoms with Gasteiger partial charge in [0.2, 0.25) is 11.4 Å². The highest BCUT2D eigenvalue weighted by atomic mass is 19.4. The SMILES string of the molecule is CCNC(=O)CN(CC)C(=O)NC(C)(C(=O)O)C(F)(F)F. The molecule has 3 amide bonds. The summed E-state index contributed by atoms with van der Waals surface area (Å²) in [7, 11) is 0. The smallest absolute Gasteiger partial charge is 0.422 e. The molecule has 0 bridgehead atoms. The van der Waals surface area contributed by atoms with Gasteiger partial charge in [-0.2, -0.15) is 13.2 Å². The molecule has 0 spiro atoms. The van der Waals surface area contributed by atoms with E-state index in [4.69, 9.17) is 5.11 Å². The van der Waals surface area contributed by atoms with Gasteiger partial charge in [-0.15, -0.1) is 0 Å². The number of carbonyl (C=O) groups is 3. The van der Waals surface area contributed by atoms with Crippen molar-refractivity contribution in [1.82, 2.24) is 15.5 Å². The average molecular weight is 313 g/mol. The average Bonchev–Trinajstić information content (AvgIpc) is 2.34. The highest BCUT2D eigenvalue weighted by molar-refractivity contribution is 5.89. The fourth-order valence-electron chi connectivity index (χ4n) is 1.29. The summed E-state index contributed by atoms with van der Waals surface area (Å²) >= 11 is 0. The highest BCUT2D eigenvalue weighted by Crippen LogP contribution is 2.30. The van der Waals surface area contributed by atoms with Gasteiger partial charge in [0.1, 0.15) is 6.54 Å². The molecule has 0 rings (SSSR count). The van der Waals surface area contributed by atoms with E-state index < -0.39 is 36.2 Å². The van der Waals surface area contributed by atoms with Gasteiger partial charge in [0.15, 0.2) is 0 Å². The van der Waals surface area contributed by atoms with Gasteiger partial charge in [-0.05, 0) is 20.8 Å². The first kappa shape index (κ1) is 19.0. The molecule has 0 fully saturated rings. The summed E-state index contributed by atoms with van der Waals surface area (Å²) in [6, 6.07) is -1.29. The number of hydrogen-bond donors (Lipinski definition) is 3. The molecular formula is C11H18F3N3O4. The van der Waals surface area contributed by atoms with Crippen molar-refractivity contribution in [3.63, 3.8) is 0 Å². The third-order valence-electron chi connectivity index (χ3n) is 2.73. The summed E-state index contributed by atoms with van der Waals surface area (Å²) in [4.78, 5) is 34.7. The van der Waals surface area contributed by atoms with Crippen LogP contribution < -0.4 is 10.6 Å². The van der Waals surface area contributed by atoms with Crippen LogP contribution in [0.25, 0.3) is 0 Å². The Morgan fingerprint density at radius 2 is 1.71 bits per heavy atom. The summed E-state index contributed by atoms with van der Waals surface area (Å²) in [6.07, 6.45) is -5.18. The van der Waals surface area contributed by atoms with E-state index in [-0.39, 0.29) is 6.54 Å². The maximum absolute atomic E-state index is 12.8. The number of carboxylic acid groups (broad SMARTS) is 1. The molecule has 0 aromatic rings. The fourth-order valence-corrected chi connectivity index (χ4v) is 1.29. The summed E-state index contributed by atoms with van der Waals surface area (Å²) in [6.45, 7) is 3.20. The first-order valence-corrected chi connectivity index (χ1v) is 6.13. The van der Waals surface area contributed by atoms with Crippen LogP contribution in [0.3, 0.4) is 0 Å². The van der Waals surface area contributed by atoms with Gasteiger partial charge in [-0.25, -0.2) is 9.59 Å². The van der Waals surface area contributed by atoms with Gasteiger partial charge in [-0.1, -0.05) is 0 Å². The number of nitrogens with zero attached hydrogens (tertiary/aromatic N) is 1. The van der Waals surface area contributed by atoms with Crippen LogP contribution in [0.4, 0.5) is 18.0 Å². The fraction of sp³-hybridized carbons (Fsp3) is 0.727. The van der Waals surface area contributed by atoms with Crippen LogP contribution in [-0.4, -0.2) is 59.3 Å². The van der Waals surface area contributed by atoms with E-state index in [1.165, 1.54) is 12.2 Å². The van der Waals surface area contributed by atoms with Gasteiger partial charge < -0.3 is 20.6 Å². The molecule has 0 aliphatic carbocycles. The maximum Gasteiger partial charge on any atom is 0.422 e. The van der Waals surface area contributed by atoms with E-state index in [0.717, 1.165) is 4.90 Å². The first-order valence-electron chi connectivity index (χ1n) is 6.13. The number of alkyl halides is 3. The molecule has 10 heteroatoms. The number of carbonyl (C=O) groups excluding carboxylic acids is 2. The molecule has 0 aromatic carbocycles. The minimum Gasteiger partial charge on any atom is -0.479 e. The number of nitrogens with one attached hydrogen (secondary N) is 2. The third kappa shape index (κ3) is 4.80. The zero-order chi connectivity index (χ0) is 16.8. The Morgan fingerprint density at radius 1 is 1.19 bits per heavy atom. The van der Waals surface area contributed by atoms with Crippen LogP contribution >= 0.6 is 0 Å². The Morgan fingerprint density at radius 3 is 2.05 bits per heavy atom. The lowest BCUT2D eigenvalue weighted by molar-refractivity contribution is -0.203. The van der Waals surface area contributed by atoms with Crippen LogP contribution in [0, 0.1) is 0 Å². The van der Waals surface area contributed by atoms with E-state index in [1.54, 1.807) is 6.92 Å². The molecule has 1 atom stereocenters. The Bertz CT molecular complexity index is 414. The Kier molecular flexibility index (Phi) is 6.46. The lowest BCUT2D eigenvalue weighted by atomic mass is 10.0. The molecular weight excluding hydrogens is 295 g/mol. The van der Waals surface area contributed by atoms with Gasteiger partial charge in [0, 0.05) is 13.1 Å². The van der Waals surface area contributed by atoms with Crippen LogP contribution in [0.2, 0.25) is 0 Å². The number of likely N-dealkylation sites (N-methyl/N-ethyl adjacent to an activating group) is 2. The number of amides is 3. The van der Waals surface area contributed by atoms with Crippen LogP contribution in [-0.2, 0) is 9.59 Å². The first-order chi connectivity index (χ1) is 9.49. The lowest BCUT2D eigenvalue weighted by Crippen LogP contribution is -2.64. The second-order valence-corrected chi connectivity index (χ2v) is 4.33. The number of carboxylic acids is 1. The summed E-state index contributed by atoms with van der Waals surface area (Å²) in [5.74, 6) is -2.80. The third-order valence-corrected chi connectivity index (χ3v) is 2.73. The second kappa shape index (κ2) is 7.14. The van der Waals surface area contributed by atoms with E-state index in [1.807, 2.05) is 0 Å². The minimum atomic E-state index is -5.18. The molecule has 0 saturated carbocycles. The molecule has 21 heavy (non-hydrogen) atoms. The van der Waals surface area contributed by atoms with Crippen molar-refractivity contribution >= 4 is 17.9 Å². The number of urea groups is 1. The molecule has 0 aliphatic rings. The number of aliphatic carboxylic acids is 1. The number of rotatable bonds is 6. The topological polar surface area (TPSA) is 98.7 Å². The van der Waals surface area contributed by atoms with Crippen molar-refractivity contribution in [2.45, 2.75) is 32.5 Å². The molecule has 0 radical (unpaired) electrons. The van der Waals surface area contributed by atoms with Gasteiger partial charge in [-0.3, -0.25) is 4.79 Å². The van der Waals surface area contributed by atoms with Crippen LogP contribution in [0.5, 0.6) is 0 Å². The normalized spacial score (nSPS) is 14.0. The lowest BCUT2D eigenvalue weighted by Gasteiger charge is -2.31. The predicted molar refractivity (Wildman–Crippen MR) is 66.6 cm³/mol. The van der Waals surface area contributed by atoms with Crippen molar-refractivity contribution in [2.75, 3.05) is 19.6 Å². The van der Waals surface area contributed by atoms with Crippen molar-refractivity contribution in [1.29, 1.82) is 0 Å². The Labute approximate surface area is 119 Å². The summed E-state index contributed by atoms with van der Waals surface area (Å²) in [5.41, 5.74) is -3.43. The van der Waals surface area contributed by atoms with Crippen molar-refractivity contribution < 1.29 is 32.7 Å². The quantitative estimate of drug-likeness (QED) is 0.667. The number of hydrogen-bond acceptors (Lipinski definition) is 3. The van der Waals surface area contributed by atoms with Gasteiger partial charge in [0.25, 0.3) is 0 Å². The summed E-state index contributed by atoms with van der Waals surface area (Å²) < 4.78 is 38.3. The zero-order valence-electron chi connectivity index (χ0n) is 11.9.